The van der Waals surface area contributed by atoms with Gasteiger partial charge < -0.3 is 19.5 Å². The van der Waals surface area contributed by atoms with E-state index in [-0.39, 0.29) is 11.7 Å². The first-order chi connectivity index (χ1) is 12.4. The van der Waals surface area contributed by atoms with E-state index in [1.807, 2.05) is 0 Å². The summed E-state index contributed by atoms with van der Waals surface area (Å²) in [5.74, 6) is 0.330. The van der Waals surface area contributed by atoms with E-state index in [4.69, 9.17) is 9.47 Å². The Bertz CT molecular complexity index is 735. The van der Waals surface area contributed by atoms with Crippen molar-refractivity contribution in [3.05, 3.63) is 42.5 Å². The summed E-state index contributed by atoms with van der Waals surface area (Å²) in [4.78, 5) is 12.1. The van der Waals surface area contributed by atoms with Gasteiger partial charge in [0.15, 0.2) is 0 Å². The summed E-state index contributed by atoms with van der Waals surface area (Å²) in [5, 5.41) is 2.71. The van der Waals surface area contributed by atoms with Gasteiger partial charge in [-0.1, -0.05) is 12.1 Å². The van der Waals surface area contributed by atoms with Gasteiger partial charge in [-0.25, -0.2) is 0 Å². The molecule has 0 saturated carbocycles. The van der Waals surface area contributed by atoms with Crippen molar-refractivity contribution < 1.29 is 27.8 Å². The third-order valence-electron chi connectivity index (χ3n) is 3.65. The topological polar surface area (TPSA) is 56.8 Å². The predicted octanol–water partition coefficient (Wildman–Crippen LogP) is 4.33. The van der Waals surface area contributed by atoms with Crippen LogP contribution < -0.4 is 14.8 Å². The number of carbonyl (C=O) groups excluding carboxylic acids is 1. The zero-order valence-corrected chi connectivity index (χ0v) is 14.8. The van der Waals surface area contributed by atoms with Crippen molar-refractivity contribution in [3.63, 3.8) is 0 Å². The van der Waals surface area contributed by atoms with Gasteiger partial charge in [0.25, 0.3) is 5.91 Å². The van der Waals surface area contributed by atoms with Crippen LogP contribution in [0.3, 0.4) is 0 Å². The number of benzene rings is 2. The van der Waals surface area contributed by atoms with E-state index in [1.54, 1.807) is 44.2 Å². The molecule has 1 N–H and O–H groups in total. The number of alkyl halides is 2. The molecule has 0 aliphatic rings. The summed E-state index contributed by atoms with van der Waals surface area (Å²) < 4.78 is 40.4. The van der Waals surface area contributed by atoms with Crippen LogP contribution in [0.4, 0.5) is 14.5 Å². The van der Waals surface area contributed by atoms with E-state index in [9.17, 15) is 13.6 Å². The Balaban J connectivity index is 2.33. The van der Waals surface area contributed by atoms with Gasteiger partial charge in [-0.05, 0) is 49.7 Å². The number of rotatable bonds is 8. The molecular formula is C19H21F2NO4. The number of methoxy groups -OCH3 is 1. The number of hydrogen-bond donors (Lipinski definition) is 1. The zero-order chi connectivity index (χ0) is 19.1. The fourth-order valence-electron chi connectivity index (χ4n) is 2.37. The first-order valence-electron chi connectivity index (χ1n) is 8.10. The lowest BCUT2D eigenvalue weighted by atomic mass is 10.0. The highest BCUT2D eigenvalue weighted by atomic mass is 19.3. The van der Waals surface area contributed by atoms with E-state index in [0.29, 0.717) is 29.2 Å². The van der Waals surface area contributed by atoms with Crippen molar-refractivity contribution in [1.29, 1.82) is 0 Å². The quantitative estimate of drug-likeness (QED) is 0.757. The highest BCUT2D eigenvalue weighted by Gasteiger charge is 2.16. The molecule has 1 amide bonds. The van der Waals surface area contributed by atoms with Crippen LogP contribution in [0.15, 0.2) is 42.5 Å². The summed E-state index contributed by atoms with van der Waals surface area (Å²) >= 11 is 0. The monoisotopic (exact) mass is 365 g/mol. The molecule has 2 rings (SSSR count). The summed E-state index contributed by atoms with van der Waals surface area (Å²) in [6.07, 6.45) is -0.624. The molecule has 0 spiro atoms. The molecule has 0 aliphatic heterocycles. The molecule has 140 valence electrons. The maximum atomic E-state index is 12.7. The van der Waals surface area contributed by atoms with Gasteiger partial charge in [0.1, 0.15) is 17.6 Å². The second-order valence-electron chi connectivity index (χ2n) is 5.40. The summed E-state index contributed by atoms with van der Waals surface area (Å²) in [6, 6.07) is 11.3. The van der Waals surface area contributed by atoms with Gasteiger partial charge in [0.05, 0.1) is 7.11 Å². The molecule has 0 radical (unpaired) electrons. The third-order valence-corrected chi connectivity index (χ3v) is 3.65. The maximum absolute atomic E-state index is 12.7. The fourth-order valence-corrected chi connectivity index (χ4v) is 2.37. The van der Waals surface area contributed by atoms with Crippen LogP contribution in [0.25, 0.3) is 11.1 Å². The van der Waals surface area contributed by atoms with Crippen LogP contribution in [0, 0.1) is 0 Å². The first-order valence-corrected chi connectivity index (χ1v) is 8.10. The minimum Gasteiger partial charge on any atom is -0.497 e. The molecule has 0 heterocycles. The molecule has 5 nitrogen and oxygen atoms in total. The van der Waals surface area contributed by atoms with E-state index in [0.717, 1.165) is 0 Å². The smallest absolute Gasteiger partial charge is 0.387 e. The lowest BCUT2D eigenvalue weighted by Gasteiger charge is -2.15. The standard InChI is InChI=1S/C19H21F2NO4/c1-4-25-12(2)18(23)22-14-7-10-17(26-19(20)21)16(11-14)13-5-8-15(24-3)9-6-13/h5-12,19H,4H2,1-3H3,(H,22,23). The molecule has 7 heteroatoms. The Labute approximate surface area is 150 Å². The molecule has 2 aromatic rings. The molecule has 1 unspecified atom stereocenters. The summed E-state index contributed by atoms with van der Waals surface area (Å²) in [7, 11) is 1.54. The van der Waals surface area contributed by atoms with Gasteiger partial charge in [0, 0.05) is 17.9 Å². The Morgan fingerprint density at radius 1 is 1.15 bits per heavy atom. The van der Waals surface area contributed by atoms with Crippen LogP contribution in [-0.4, -0.2) is 32.3 Å². The molecular weight excluding hydrogens is 344 g/mol. The minimum absolute atomic E-state index is 0.0148. The van der Waals surface area contributed by atoms with E-state index in [1.165, 1.54) is 19.2 Å². The van der Waals surface area contributed by atoms with Crippen LogP contribution in [-0.2, 0) is 9.53 Å². The van der Waals surface area contributed by atoms with E-state index in [2.05, 4.69) is 10.1 Å². The van der Waals surface area contributed by atoms with Crippen LogP contribution in [0.1, 0.15) is 13.8 Å². The summed E-state index contributed by atoms with van der Waals surface area (Å²) in [5.41, 5.74) is 1.53. The van der Waals surface area contributed by atoms with Crippen molar-refractivity contribution in [2.24, 2.45) is 0 Å². The van der Waals surface area contributed by atoms with Gasteiger partial charge >= 0.3 is 6.61 Å². The Morgan fingerprint density at radius 2 is 1.85 bits per heavy atom. The maximum Gasteiger partial charge on any atom is 0.387 e. The van der Waals surface area contributed by atoms with E-state index >= 15 is 0 Å². The third kappa shape index (κ3) is 5.16. The number of ether oxygens (including phenoxy) is 3. The lowest BCUT2D eigenvalue weighted by molar-refractivity contribution is -0.126. The van der Waals surface area contributed by atoms with E-state index < -0.39 is 12.7 Å². The molecule has 0 bridgehead atoms. The van der Waals surface area contributed by atoms with Crippen molar-refractivity contribution in [1.82, 2.24) is 0 Å². The Kier molecular flexibility index (Phi) is 6.91. The van der Waals surface area contributed by atoms with Gasteiger partial charge in [-0.15, -0.1) is 0 Å². The largest absolute Gasteiger partial charge is 0.497 e. The zero-order valence-electron chi connectivity index (χ0n) is 14.8. The van der Waals surface area contributed by atoms with Crippen molar-refractivity contribution in [2.45, 2.75) is 26.6 Å². The number of hydrogen-bond acceptors (Lipinski definition) is 4. The lowest BCUT2D eigenvalue weighted by Crippen LogP contribution is -2.27. The number of anilines is 1. The summed E-state index contributed by atoms with van der Waals surface area (Å²) in [6.45, 7) is 0.886. The molecule has 1 atom stereocenters. The average molecular weight is 365 g/mol. The molecule has 26 heavy (non-hydrogen) atoms. The van der Waals surface area contributed by atoms with Crippen molar-refractivity contribution in [3.8, 4) is 22.6 Å². The van der Waals surface area contributed by atoms with Crippen LogP contribution >= 0.6 is 0 Å². The average Bonchev–Trinajstić information content (AvgIpc) is 2.63. The van der Waals surface area contributed by atoms with Crippen LogP contribution in [0.5, 0.6) is 11.5 Å². The SMILES string of the molecule is CCOC(C)C(=O)Nc1ccc(OC(F)F)c(-c2ccc(OC)cc2)c1. The second-order valence-corrected chi connectivity index (χ2v) is 5.40. The van der Waals surface area contributed by atoms with Crippen molar-refractivity contribution in [2.75, 3.05) is 19.0 Å². The van der Waals surface area contributed by atoms with Crippen molar-refractivity contribution >= 4 is 11.6 Å². The van der Waals surface area contributed by atoms with Gasteiger partial charge in [-0.2, -0.15) is 8.78 Å². The van der Waals surface area contributed by atoms with Gasteiger partial charge in [0.2, 0.25) is 0 Å². The van der Waals surface area contributed by atoms with Gasteiger partial charge in [-0.3, -0.25) is 4.79 Å². The first kappa shape index (κ1) is 19.7. The molecule has 0 aromatic heterocycles. The minimum atomic E-state index is -2.95. The second kappa shape index (κ2) is 9.15. The molecule has 0 aliphatic carbocycles. The number of halogens is 2. The highest BCUT2D eigenvalue weighted by Crippen LogP contribution is 2.34. The fraction of sp³-hybridized carbons (Fsp3) is 0.316. The Morgan fingerprint density at radius 3 is 2.42 bits per heavy atom. The molecule has 0 fully saturated rings. The molecule has 2 aromatic carbocycles. The normalized spacial score (nSPS) is 11.9. The van der Waals surface area contributed by atoms with Crippen LogP contribution in [0.2, 0.25) is 0 Å². The number of nitrogens with one attached hydrogen (secondary N) is 1. The predicted molar refractivity (Wildman–Crippen MR) is 94.8 cm³/mol. The molecule has 0 saturated heterocycles. The number of amides is 1. The Hall–Kier alpha value is -2.67. The number of carbonyl (C=O) groups is 1. The highest BCUT2D eigenvalue weighted by molar-refractivity contribution is 5.94.